The van der Waals surface area contributed by atoms with Gasteiger partial charge in [0.1, 0.15) is 12.4 Å². The highest BCUT2D eigenvalue weighted by Crippen LogP contribution is 2.24. The van der Waals surface area contributed by atoms with Crippen molar-refractivity contribution in [1.29, 1.82) is 0 Å². The molecule has 0 atom stereocenters. The fourth-order valence-corrected chi connectivity index (χ4v) is 2.42. The van der Waals surface area contributed by atoms with Crippen molar-refractivity contribution in [2.45, 2.75) is 6.92 Å². The number of nitrogens with zero attached hydrogens (tertiary/aromatic N) is 2. The summed E-state index contributed by atoms with van der Waals surface area (Å²) in [5.74, 6) is 1.94. The first kappa shape index (κ1) is 15.8. The maximum Gasteiger partial charge on any atom is 0.222 e. The van der Waals surface area contributed by atoms with Gasteiger partial charge < -0.3 is 14.2 Å². The van der Waals surface area contributed by atoms with E-state index in [1.807, 2.05) is 49.4 Å². The zero-order valence-electron chi connectivity index (χ0n) is 13.4. The second kappa shape index (κ2) is 7.94. The zero-order valence-corrected chi connectivity index (χ0v) is 13.4. The van der Waals surface area contributed by atoms with Gasteiger partial charge in [0.05, 0.1) is 13.2 Å². The third-order valence-electron chi connectivity index (χ3n) is 3.77. The molecule has 0 unspecified atom stereocenters. The van der Waals surface area contributed by atoms with Crippen molar-refractivity contribution in [2.75, 3.05) is 39.5 Å². The highest BCUT2D eigenvalue weighted by molar-refractivity contribution is 5.35. The van der Waals surface area contributed by atoms with Gasteiger partial charge in [-0.3, -0.25) is 4.90 Å². The largest absolute Gasteiger partial charge is 0.476 e. The Kier molecular flexibility index (Phi) is 5.45. The molecule has 3 rings (SSSR count). The summed E-state index contributed by atoms with van der Waals surface area (Å²) in [5, 5.41) is 0. The van der Waals surface area contributed by atoms with Crippen molar-refractivity contribution >= 4 is 0 Å². The Hall–Kier alpha value is -2.11. The summed E-state index contributed by atoms with van der Waals surface area (Å²) in [7, 11) is 0. The van der Waals surface area contributed by atoms with Gasteiger partial charge in [-0.2, -0.15) is 4.98 Å². The molecule has 0 saturated carbocycles. The van der Waals surface area contributed by atoms with Gasteiger partial charge in [-0.15, -0.1) is 0 Å². The Morgan fingerprint density at radius 2 is 1.83 bits per heavy atom. The molecule has 0 N–H and O–H groups in total. The lowest BCUT2D eigenvalue weighted by Crippen LogP contribution is -2.38. The van der Waals surface area contributed by atoms with Gasteiger partial charge in [0.25, 0.3) is 0 Å². The number of rotatable bonds is 6. The molecule has 1 fully saturated rings. The highest BCUT2D eigenvalue weighted by Gasteiger charge is 2.10. The molecule has 5 nitrogen and oxygen atoms in total. The number of aromatic nitrogens is 1. The molecule has 1 aromatic heterocycles. The monoisotopic (exact) mass is 314 g/mol. The minimum Gasteiger partial charge on any atom is -0.476 e. The Morgan fingerprint density at radius 3 is 2.65 bits per heavy atom. The minimum atomic E-state index is 0.545. The minimum absolute atomic E-state index is 0.545. The molecule has 0 bridgehead atoms. The molecule has 122 valence electrons. The van der Waals surface area contributed by atoms with Crippen molar-refractivity contribution in [2.24, 2.45) is 0 Å². The lowest BCUT2D eigenvalue weighted by atomic mass is 10.2. The summed E-state index contributed by atoms with van der Waals surface area (Å²) in [4.78, 5) is 6.73. The average molecular weight is 314 g/mol. The molecule has 0 spiro atoms. The van der Waals surface area contributed by atoms with Crippen molar-refractivity contribution < 1.29 is 14.2 Å². The third-order valence-corrected chi connectivity index (χ3v) is 3.77. The second-order valence-electron chi connectivity index (χ2n) is 5.48. The van der Waals surface area contributed by atoms with Crippen LogP contribution >= 0.6 is 0 Å². The van der Waals surface area contributed by atoms with Gasteiger partial charge in [-0.1, -0.05) is 24.3 Å². The van der Waals surface area contributed by atoms with E-state index in [-0.39, 0.29) is 0 Å². The van der Waals surface area contributed by atoms with E-state index in [2.05, 4.69) is 9.88 Å². The van der Waals surface area contributed by atoms with Crippen LogP contribution in [0.1, 0.15) is 5.56 Å². The summed E-state index contributed by atoms with van der Waals surface area (Å²) in [6, 6.07) is 13.5. The van der Waals surface area contributed by atoms with Crippen LogP contribution in [-0.2, 0) is 4.74 Å². The molecule has 1 saturated heterocycles. The average Bonchev–Trinajstić information content (AvgIpc) is 2.58. The van der Waals surface area contributed by atoms with Crippen LogP contribution in [0.3, 0.4) is 0 Å². The summed E-state index contributed by atoms with van der Waals surface area (Å²) >= 11 is 0. The summed E-state index contributed by atoms with van der Waals surface area (Å²) in [6.45, 7) is 7.04. The van der Waals surface area contributed by atoms with Crippen LogP contribution in [0.4, 0.5) is 0 Å². The molecule has 1 aliphatic rings. The number of hydrogen-bond acceptors (Lipinski definition) is 5. The fourth-order valence-electron chi connectivity index (χ4n) is 2.42. The maximum atomic E-state index is 5.83. The van der Waals surface area contributed by atoms with Gasteiger partial charge in [0.2, 0.25) is 11.8 Å². The maximum absolute atomic E-state index is 5.83. The van der Waals surface area contributed by atoms with E-state index in [0.717, 1.165) is 44.2 Å². The summed E-state index contributed by atoms with van der Waals surface area (Å²) in [5.41, 5.74) is 1.08. The van der Waals surface area contributed by atoms with Crippen LogP contribution in [0.5, 0.6) is 17.5 Å². The smallest absolute Gasteiger partial charge is 0.222 e. The van der Waals surface area contributed by atoms with Crippen LogP contribution in [0.15, 0.2) is 42.5 Å². The third kappa shape index (κ3) is 4.68. The Balaban J connectivity index is 1.53. The number of aryl methyl sites for hydroxylation is 1. The molecule has 1 aromatic carbocycles. The van der Waals surface area contributed by atoms with Crippen LogP contribution in [0.25, 0.3) is 0 Å². The first-order valence-electron chi connectivity index (χ1n) is 7.95. The molecule has 0 amide bonds. The number of benzene rings is 1. The highest BCUT2D eigenvalue weighted by atomic mass is 16.5. The molecular weight excluding hydrogens is 292 g/mol. The Labute approximate surface area is 136 Å². The van der Waals surface area contributed by atoms with Crippen LogP contribution in [0.2, 0.25) is 0 Å². The van der Waals surface area contributed by atoms with Crippen LogP contribution < -0.4 is 9.47 Å². The molecule has 5 heteroatoms. The normalized spacial score (nSPS) is 15.3. The van der Waals surface area contributed by atoms with E-state index < -0.39 is 0 Å². The number of para-hydroxylation sites is 1. The van der Waals surface area contributed by atoms with Crippen molar-refractivity contribution in [3.05, 3.63) is 48.0 Å². The molecule has 2 heterocycles. The number of pyridine rings is 1. The topological polar surface area (TPSA) is 43.8 Å². The van der Waals surface area contributed by atoms with Crippen molar-refractivity contribution in [3.63, 3.8) is 0 Å². The van der Waals surface area contributed by atoms with E-state index in [1.165, 1.54) is 0 Å². The van der Waals surface area contributed by atoms with E-state index in [4.69, 9.17) is 14.2 Å². The van der Waals surface area contributed by atoms with E-state index in [1.54, 1.807) is 0 Å². The van der Waals surface area contributed by atoms with Crippen molar-refractivity contribution in [1.82, 2.24) is 9.88 Å². The predicted molar refractivity (Wildman–Crippen MR) is 88.2 cm³/mol. The van der Waals surface area contributed by atoms with Gasteiger partial charge >= 0.3 is 0 Å². The van der Waals surface area contributed by atoms with E-state index in [0.29, 0.717) is 18.4 Å². The Morgan fingerprint density at radius 1 is 1.04 bits per heavy atom. The fraction of sp³-hybridized carbons (Fsp3) is 0.389. The van der Waals surface area contributed by atoms with Gasteiger partial charge in [0.15, 0.2) is 0 Å². The second-order valence-corrected chi connectivity index (χ2v) is 5.48. The van der Waals surface area contributed by atoms with Gasteiger partial charge in [-0.05, 0) is 18.6 Å². The van der Waals surface area contributed by atoms with Gasteiger partial charge in [-0.25, -0.2) is 0 Å². The SMILES string of the molecule is Cc1ccccc1Oc1cccc(OCCN2CCOCC2)n1. The number of ether oxygens (including phenoxy) is 3. The zero-order chi connectivity index (χ0) is 15.9. The van der Waals surface area contributed by atoms with E-state index in [9.17, 15) is 0 Å². The lowest BCUT2D eigenvalue weighted by molar-refractivity contribution is 0.0320. The molecular formula is C18H22N2O3. The van der Waals surface area contributed by atoms with Crippen LogP contribution in [0, 0.1) is 6.92 Å². The summed E-state index contributed by atoms with van der Waals surface area (Å²) < 4.78 is 16.9. The number of morpholine rings is 1. The molecule has 0 radical (unpaired) electrons. The van der Waals surface area contributed by atoms with E-state index >= 15 is 0 Å². The first-order chi connectivity index (χ1) is 11.3. The van der Waals surface area contributed by atoms with Crippen molar-refractivity contribution in [3.8, 4) is 17.5 Å². The predicted octanol–water partition coefficient (Wildman–Crippen LogP) is 2.89. The summed E-state index contributed by atoms with van der Waals surface area (Å²) in [6.07, 6.45) is 0. The van der Waals surface area contributed by atoms with Gasteiger partial charge in [0, 0.05) is 31.8 Å². The quantitative estimate of drug-likeness (QED) is 0.820. The molecule has 23 heavy (non-hydrogen) atoms. The first-order valence-corrected chi connectivity index (χ1v) is 7.95. The molecule has 2 aromatic rings. The lowest BCUT2D eigenvalue weighted by Gasteiger charge is -2.26. The molecule has 1 aliphatic heterocycles. The molecule has 0 aliphatic carbocycles. The van der Waals surface area contributed by atoms with Crippen LogP contribution in [-0.4, -0.2) is 49.3 Å². The Bertz CT molecular complexity index is 627. The number of hydrogen-bond donors (Lipinski definition) is 0. The standard InChI is InChI=1S/C18H22N2O3/c1-15-5-2-3-6-16(15)23-18-8-4-7-17(19-18)22-14-11-20-9-12-21-13-10-20/h2-8H,9-14H2,1H3.